The first-order chi connectivity index (χ1) is 26.3. The Morgan fingerprint density at radius 3 is 1.21 bits per heavy atom. The van der Waals surface area contributed by atoms with Gasteiger partial charge < -0.3 is 9.80 Å². The summed E-state index contributed by atoms with van der Waals surface area (Å²) in [6, 6.07) is 65.1. The van der Waals surface area contributed by atoms with Crippen molar-refractivity contribution in [2.24, 2.45) is 0 Å². The monoisotopic (exact) mass is 696 g/mol. The molecule has 4 heteroatoms. The molecule has 0 amide bonds. The van der Waals surface area contributed by atoms with E-state index in [4.69, 9.17) is 0 Å². The molecule has 3 nitrogen and oxygen atoms in total. The minimum atomic E-state index is 0.680. The molecule has 0 N–H and O–H groups in total. The van der Waals surface area contributed by atoms with Crippen LogP contribution < -0.4 is 9.80 Å². The molecule has 0 aliphatic rings. The molecule has 9 aromatic rings. The van der Waals surface area contributed by atoms with Crippen molar-refractivity contribution < 1.29 is 4.79 Å². The fourth-order valence-electron chi connectivity index (χ4n) is 7.22. The lowest BCUT2D eigenvalue weighted by Gasteiger charge is -2.27. The average Bonchev–Trinajstić information content (AvgIpc) is 3.61. The molecule has 0 bridgehead atoms. The summed E-state index contributed by atoms with van der Waals surface area (Å²) in [5, 5.41) is 6.18. The largest absolute Gasteiger partial charge is 0.310 e. The highest BCUT2D eigenvalue weighted by molar-refractivity contribution is 7.16. The summed E-state index contributed by atoms with van der Waals surface area (Å²) in [6.45, 7) is 0. The summed E-state index contributed by atoms with van der Waals surface area (Å²) in [6.07, 6.45) is 0.987. The first-order valence-corrected chi connectivity index (χ1v) is 18.4. The van der Waals surface area contributed by atoms with Crippen molar-refractivity contribution in [2.75, 3.05) is 9.80 Å². The van der Waals surface area contributed by atoms with Crippen molar-refractivity contribution in [3.8, 4) is 11.8 Å². The fraction of sp³-hybridized carbons (Fsp3) is 0. The van der Waals surface area contributed by atoms with Crippen LogP contribution in [0.15, 0.2) is 188 Å². The second kappa shape index (κ2) is 14.0. The van der Waals surface area contributed by atoms with E-state index < -0.39 is 0 Å². The van der Waals surface area contributed by atoms with Crippen molar-refractivity contribution in [2.45, 2.75) is 0 Å². The van der Waals surface area contributed by atoms with Gasteiger partial charge in [-0.25, -0.2) is 0 Å². The first kappa shape index (κ1) is 32.0. The highest BCUT2D eigenvalue weighted by atomic mass is 32.1. The number of hydrogen-bond donors (Lipinski definition) is 0. The maximum Gasteiger partial charge on any atom is 0.160 e. The summed E-state index contributed by atoms with van der Waals surface area (Å²) in [5.41, 5.74) is 7.25. The van der Waals surface area contributed by atoms with Gasteiger partial charge in [-0.15, -0.1) is 11.3 Å². The standard InChI is InChI=1S/C49H32N2OS/c52-34-47-49-43-30-28-41(51(38-22-12-4-13-23-38)39-24-14-5-15-25-39)33-45(43)44-32-40(50(36-18-8-2-9-19-36)37-20-10-3-11-21-37)27-29-42(44)48(49)46(53-47)31-26-35-16-6-1-7-17-35/h1-25,27-30,32-34H. The van der Waals surface area contributed by atoms with Crippen molar-refractivity contribution >= 4 is 84.1 Å². The van der Waals surface area contributed by atoms with Gasteiger partial charge in [0, 0.05) is 50.5 Å². The van der Waals surface area contributed by atoms with Crippen molar-refractivity contribution in [3.63, 3.8) is 0 Å². The number of carbonyl (C=O) groups is 1. The van der Waals surface area contributed by atoms with Gasteiger partial charge >= 0.3 is 0 Å². The van der Waals surface area contributed by atoms with Gasteiger partial charge in [-0.3, -0.25) is 4.79 Å². The van der Waals surface area contributed by atoms with E-state index in [0.29, 0.717) is 4.88 Å². The van der Waals surface area contributed by atoms with Crippen LogP contribution in [0.1, 0.15) is 20.1 Å². The smallest absolute Gasteiger partial charge is 0.160 e. The maximum absolute atomic E-state index is 12.8. The molecule has 0 saturated heterocycles. The van der Waals surface area contributed by atoms with Gasteiger partial charge in [-0.1, -0.05) is 109 Å². The molecular weight excluding hydrogens is 665 g/mol. The van der Waals surface area contributed by atoms with Gasteiger partial charge in [0.2, 0.25) is 0 Å². The van der Waals surface area contributed by atoms with Crippen LogP contribution in [-0.4, -0.2) is 6.29 Å². The molecule has 0 unspecified atom stereocenters. The summed E-state index contributed by atoms with van der Waals surface area (Å²) in [4.78, 5) is 19.0. The number of rotatable bonds is 7. The Bertz CT molecular complexity index is 2710. The molecular formula is C49H32N2OS. The second-order valence-corrected chi connectivity index (χ2v) is 13.8. The zero-order valence-electron chi connectivity index (χ0n) is 28.7. The van der Waals surface area contributed by atoms with Crippen molar-refractivity contribution in [1.29, 1.82) is 0 Å². The average molecular weight is 697 g/mol. The third-order valence-corrected chi connectivity index (χ3v) is 10.6. The Kier molecular flexibility index (Phi) is 8.46. The molecule has 0 aliphatic carbocycles. The highest BCUT2D eigenvalue weighted by Gasteiger charge is 2.22. The van der Waals surface area contributed by atoms with Crippen LogP contribution in [0, 0.1) is 11.8 Å². The lowest BCUT2D eigenvalue weighted by molar-refractivity contribution is 0.112. The Labute approximate surface area is 312 Å². The molecule has 0 spiro atoms. The molecule has 0 aliphatic heterocycles. The number of carbonyl (C=O) groups excluding carboxylic acids is 1. The van der Waals surface area contributed by atoms with E-state index >= 15 is 0 Å². The number of nitrogens with zero attached hydrogens (tertiary/aromatic N) is 2. The predicted molar refractivity (Wildman–Crippen MR) is 224 cm³/mol. The number of hydrogen-bond acceptors (Lipinski definition) is 4. The summed E-state index contributed by atoms with van der Waals surface area (Å²) in [5.74, 6) is 6.83. The molecule has 8 aromatic carbocycles. The zero-order chi connectivity index (χ0) is 35.6. The molecule has 1 aromatic heterocycles. The molecule has 0 saturated carbocycles. The molecule has 0 atom stereocenters. The number of para-hydroxylation sites is 4. The quantitative estimate of drug-likeness (QED) is 0.0941. The van der Waals surface area contributed by atoms with E-state index in [2.05, 4.69) is 155 Å². The lowest BCUT2D eigenvalue weighted by Crippen LogP contribution is -2.10. The van der Waals surface area contributed by atoms with Gasteiger partial charge in [0.15, 0.2) is 6.29 Å². The minimum absolute atomic E-state index is 0.680. The molecule has 53 heavy (non-hydrogen) atoms. The van der Waals surface area contributed by atoms with Crippen LogP contribution in [0.4, 0.5) is 34.1 Å². The molecule has 0 radical (unpaired) electrons. The van der Waals surface area contributed by atoms with E-state index in [9.17, 15) is 4.79 Å². The number of anilines is 6. The van der Waals surface area contributed by atoms with Gasteiger partial charge in [0.05, 0.1) is 9.75 Å². The van der Waals surface area contributed by atoms with Gasteiger partial charge in [-0.05, 0) is 112 Å². The number of thiophene rings is 1. The van der Waals surface area contributed by atoms with Crippen LogP contribution >= 0.6 is 11.3 Å². The maximum atomic E-state index is 12.8. The number of aldehydes is 1. The molecule has 9 rings (SSSR count). The summed E-state index contributed by atoms with van der Waals surface area (Å²) < 4.78 is 0. The Morgan fingerprint density at radius 1 is 0.396 bits per heavy atom. The number of fused-ring (bicyclic) bond motifs is 6. The van der Waals surface area contributed by atoms with Crippen LogP contribution in [0.2, 0.25) is 0 Å². The van der Waals surface area contributed by atoms with Crippen LogP contribution in [0.5, 0.6) is 0 Å². The minimum Gasteiger partial charge on any atom is -0.310 e. The van der Waals surface area contributed by atoms with E-state index in [0.717, 1.165) is 83.2 Å². The number of benzene rings is 8. The molecule has 250 valence electrons. The van der Waals surface area contributed by atoms with Crippen LogP contribution in [0.3, 0.4) is 0 Å². The van der Waals surface area contributed by atoms with Gasteiger partial charge in [0.25, 0.3) is 0 Å². The van der Waals surface area contributed by atoms with E-state index in [-0.39, 0.29) is 0 Å². The van der Waals surface area contributed by atoms with Crippen LogP contribution in [-0.2, 0) is 0 Å². The normalized spacial score (nSPS) is 10.9. The third kappa shape index (κ3) is 6.00. The predicted octanol–water partition coefficient (Wildman–Crippen LogP) is 13.4. The summed E-state index contributed by atoms with van der Waals surface area (Å²) in [7, 11) is 0. The Balaban J connectivity index is 1.36. The van der Waals surface area contributed by atoms with Gasteiger partial charge in [-0.2, -0.15) is 0 Å². The Morgan fingerprint density at radius 2 is 0.792 bits per heavy atom. The fourth-order valence-corrected chi connectivity index (χ4v) is 8.22. The van der Waals surface area contributed by atoms with E-state index in [1.54, 1.807) is 0 Å². The summed E-state index contributed by atoms with van der Waals surface area (Å²) >= 11 is 1.47. The molecule has 0 fully saturated rings. The van der Waals surface area contributed by atoms with Gasteiger partial charge in [0.1, 0.15) is 0 Å². The van der Waals surface area contributed by atoms with E-state index in [1.807, 2.05) is 54.6 Å². The van der Waals surface area contributed by atoms with Crippen LogP contribution in [0.25, 0.3) is 32.3 Å². The second-order valence-electron chi connectivity index (χ2n) is 12.8. The lowest BCUT2D eigenvalue weighted by atomic mass is 9.93. The van der Waals surface area contributed by atoms with Crippen molar-refractivity contribution in [3.05, 3.63) is 203 Å². The SMILES string of the molecule is O=Cc1sc(C#Cc2ccccc2)c2c3ccc(N(c4ccccc4)c4ccccc4)cc3c3cc(N(c4ccccc4)c4ccccc4)ccc3c12. The third-order valence-electron chi connectivity index (χ3n) is 9.55. The molecule has 1 heterocycles. The topological polar surface area (TPSA) is 23.6 Å². The first-order valence-electron chi connectivity index (χ1n) is 17.6. The highest BCUT2D eigenvalue weighted by Crippen LogP contribution is 2.46. The van der Waals surface area contributed by atoms with E-state index in [1.165, 1.54) is 11.3 Å². The van der Waals surface area contributed by atoms with Crippen molar-refractivity contribution in [1.82, 2.24) is 0 Å². The Hall–Kier alpha value is -6.93. The zero-order valence-corrected chi connectivity index (χ0v) is 29.5.